The van der Waals surface area contributed by atoms with Crippen LogP contribution in [-0.2, 0) is 11.3 Å². The highest BCUT2D eigenvalue weighted by molar-refractivity contribution is 5.93. The summed E-state index contributed by atoms with van der Waals surface area (Å²) in [5.41, 5.74) is 7.93. The molecule has 0 spiro atoms. The van der Waals surface area contributed by atoms with Crippen molar-refractivity contribution in [1.82, 2.24) is 10.6 Å². The predicted molar refractivity (Wildman–Crippen MR) is 100 cm³/mol. The number of carbonyl (C=O) groups excluding carboxylic acids is 2. The third kappa shape index (κ3) is 4.53. The molecule has 3 rings (SSSR count). The Morgan fingerprint density at radius 3 is 2.28 bits per heavy atom. The van der Waals surface area contributed by atoms with Crippen molar-refractivity contribution in [2.45, 2.75) is 44.7 Å². The van der Waals surface area contributed by atoms with Gasteiger partial charge in [-0.15, -0.1) is 12.4 Å². The number of carbonyl (C=O) groups is 2. The molecule has 0 heterocycles. The van der Waals surface area contributed by atoms with Crippen molar-refractivity contribution >= 4 is 24.2 Å². The van der Waals surface area contributed by atoms with E-state index in [9.17, 15) is 9.59 Å². The summed E-state index contributed by atoms with van der Waals surface area (Å²) < 4.78 is 0. The maximum absolute atomic E-state index is 12.5. The second kappa shape index (κ2) is 8.68. The predicted octanol–water partition coefficient (Wildman–Crippen LogP) is 2.24. The summed E-state index contributed by atoms with van der Waals surface area (Å²) >= 11 is 0. The Morgan fingerprint density at radius 1 is 1.12 bits per heavy atom. The molecule has 1 aromatic rings. The average Bonchev–Trinajstić information content (AvgIpc) is 2.59. The van der Waals surface area contributed by atoms with Crippen LogP contribution in [0.15, 0.2) is 24.3 Å². The number of fused-ring (bicyclic) bond motifs is 2. The van der Waals surface area contributed by atoms with Crippen molar-refractivity contribution in [2.75, 3.05) is 7.05 Å². The smallest absolute Gasteiger partial charge is 0.251 e. The molecule has 2 fully saturated rings. The molecule has 6 heteroatoms. The minimum atomic E-state index is -0.101. The van der Waals surface area contributed by atoms with E-state index in [0.717, 1.165) is 18.4 Å². The van der Waals surface area contributed by atoms with E-state index >= 15 is 0 Å². The number of nitrogens with two attached hydrogens (primary N) is 1. The summed E-state index contributed by atoms with van der Waals surface area (Å²) in [4.78, 5) is 24.0. The Balaban J connectivity index is 0.00000225. The summed E-state index contributed by atoms with van der Waals surface area (Å²) in [5, 5.41) is 5.65. The van der Waals surface area contributed by atoms with Gasteiger partial charge in [-0.3, -0.25) is 9.59 Å². The van der Waals surface area contributed by atoms with Crippen LogP contribution in [0.1, 0.15) is 48.0 Å². The van der Waals surface area contributed by atoms with Gasteiger partial charge in [0.15, 0.2) is 0 Å². The van der Waals surface area contributed by atoms with Crippen molar-refractivity contribution < 1.29 is 9.59 Å². The van der Waals surface area contributed by atoms with E-state index in [0.29, 0.717) is 30.0 Å². The second-order valence-electron chi connectivity index (χ2n) is 7.19. The highest BCUT2D eigenvalue weighted by Crippen LogP contribution is 2.41. The molecule has 2 amide bonds. The van der Waals surface area contributed by atoms with Crippen LogP contribution in [0, 0.1) is 17.8 Å². The normalized spacial score (nSPS) is 27.8. The lowest BCUT2D eigenvalue weighted by atomic mass is 9.65. The van der Waals surface area contributed by atoms with Gasteiger partial charge in [-0.2, -0.15) is 0 Å². The first-order valence-corrected chi connectivity index (χ1v) is 8.92. The van der Waals surface area contributed by atoms with E-state index < -0.39 is 0 Å². The van der Waals surface area contributed by atoms with E-state index in [1.807, 2.05) is 12.1 Å². The van der Waals surface area contributed by atoms with Crippen LogP contribution in [0.2, 0.25) is 0 Å². The minimum Gasteiger partial charge on any atom is -0.355 e. The monoisotopic (exact) mass is 365 g/mol. The summed E-state index contributed by atoms with van der Waals surface area (Å²) in [7, 11) is 1.61. The first kappa shape index (κ1) is 19.7. The Kier molecular flexibility index (Phi) is 6.85. The molecule has 25 heavy (non-hydrogen) atoms. The highest BCUT2D eigenvalue weighted by Gasteiger charge is 2.40. The van der Waals surface area contributed by atoms with Gasteiger partial charge >= 0.3 is 0 Å². The van der Waals surface area contributed by atoms with Gasteiger partial charge in [-0.1, -0.05) is 18.6 Å². The van der Waals surface area contributed by atoms with E-state index in [1.165, 1.54) is 19.3 Å². The molecule has 0 radical (unpaired) electrons. The van der Waals surface area contributed by atoms with Gasteiger partial charge in [0.05, 0.1) is 0 Å². The Morgan fingerprint density at radius 2 is 1.72 bits per heavy atom. The number of hydrogen-bond acceptors (Lipinski definition) is 3. The SMILES string of the molecule is CNC(=O)c1ccc(CNC(=O)C2CC3CCCC(C2)C3N)cc1.Cl. The first-order chi connectivity index (χ1) is 11.6. The highest BCUT2D eigenvalue weighted by atomic mass is 35.5. The second-order valence-corrected chi connectivity index (χ2v) is 7.19. The summed E-state index contributed by atoms with van der Waals surface area (Å²) in [5.74, 6) is 1.18. The third-order valence-electron chi connectivity index (χ3n) is 5.69. The maximum Gasteiger partial charge on any atom is 0.251 e. The van der Waals surface area contributed by atoms with Gasteiger partial charge < -0.3 is 16.4 Å². The zero-order chi connectivity index (χ0) is 17.1. The molecule has 4 N–H and O–H groups in total. The van der Waals surface area contributed by atoms with Gasteiger partial charge in [-0.05, 0) is 55.2 Å². The maximum atomic E-state index is 12.5. The lowest BCUT2D eigenvalue weighted by molar-refractivity contribution is -0.128. The molecule has 138 valence electrons. The molecular weight excluding hydrogens is 338 g/mol. The zero-order valence-electron chi connectivity index (χ0n) is 14.7. The molecule has 5 nitrogen and oxygen atoms in total. The Bertz CT molecular complexity index is 591. The molecule has 2 bridgehead atoms. The average molecular weight is 366 g/mol. The summed E-state index contributed by atoms with van der Waals surface area (Å²) in [6.45, 7) is 0.505. The third-order valence-corrected chi connectivity index (χ3v) is 5.69. The summed E-state index contributed by atoms with van der Waals surface area (Å²) in [6, 6.07) is 7.63. The minimum absolute atomic E-state index is 0. The van der Waals surface area contributed by atoms with Crippen molar-refractivity contribution in [3.05, 3.63) is 35.4 Å². The standard InChI is InChI=1S/C19H27N3O2.ClH/c1-21-18(23)13-7-5-12(6-8-13)11-22-19(24)16-9-14-3-2-4-15(10-16)17(14)20;/h5-8,14-17H,2-4,9-11,20H2,1H3,(H,21,23)(H,22,24);1H. The summed E-state index contributed by atoms with van der Waals surface area (Å²) in [6.07, 6.45) is 5.46. The van der Waals surface area contributed by atoms with Crippen molar-refractivity contribution in [3.63, 3.8) is 0 Å². The van der Waals surface area contributed by atoms with Gasteiger partial charge in [0.2, 0.25) is 5.91 Å². The van der Waals surface area contributed by atoms with Crippen LogP contribution >= 0.6 is 12.4 Å². The fourth-order valence-corrected chi connectivity index (χ4v) is 4.26. The van der Waals surface area contributed by atoms with Gasteiger partial charge in [-0.25, -0.2) is 0 Å². The molecule has 2 saturated carbocycles. The van der Waals surface area contributed by atoms with Crippen LogP contribution in [0.25, 0.3) is 0 Å². The number of hydrogen-bond donors (Lipinski definition) is 3. The zero-order valence-corrected chi connectivity index (χ0v) is 15.5. The first-order valence-electron chi connectivity index (χ1n) is 8.92. The van der Waals surface area contributed by atoms with Crippen LogP contribution in [0.5, 0.6) is 0 Å². The van der Waals surface area contributed by atoms with Crippen LogP contribution in [0.3, 0.4) is 0 Å². The molecule has 2 aliphatic rings. The van der Waals surface area contributed by atoms with Gasteiger partial charge in [0, 0.05) is 31.1 Å². The molecule has 1 aromatic carbocycles. The lowest BCUT2D eigenvalue weighted by Gasteiger charge is -2.43. The van der Waals surface area contributed by atoms with Gasteiger partial charge in [0.25, 0.3) is 5.91 Å². The van der Waals surface area contributed by atoms with E-state index in [2.05, 4.69) is 10.6 Å². The molecule has 0 aromatic heterocycles. The number of nitrogens with one attached hydrogen (secondary N) is 2. The van der Waals surface area contributed by atoms with E-state index in [-0.39, 0.29) is 30.1 Å². The van der Waals surface area contributed by atoms with E-state index in [1.54, 1.807) is 19.2 Å². The quantitative estimate of drug-likeness (QED) is 0.765. The van der Waals surface area contributed by atoms with Crippen molar-refractivity contribution in [2.24, 2.45) is 23.5 Å². The topological polar surface area (TPSA) is 84.2 Å². The van der Waals surface area contributed by atoms with Crippen LogP contribution < -0.4 is 16.4 Å². The number of benzene rings is 1. The Hall–Kier alpha value is -1.59. The number of rotatable bonds is 4. The van der Waals surface area contributed by atoms with Gasteiger partial charge in [0.1, 0.15) is 0 Å². The Labute approximate surface area is 155 Å². The lowest BCUT2D eigenvalue weighted by Crippen LogP contribution is -2.49. The van der Waals surface area contributed by atoms with E-state index in [4.69, 9.17) is 5.73 Å². The fraction of sp³-hybridized carbons (Fsp3) is 0.579. The largest absolute Gasteiger partial charge is 0.355 e. The van der Waals surface area contributed by atoms with Crippen LogP contribution in [0.4, 0.5) is 0 Å². The van der Waals surface area contributed by atoms with Crippen molar-refractivity contribution in [1.29, 1.82) is 0 Å². The molecule has 2 unspecified atom stereocenters. The van der Waals surface area contributed by atoms with Crippen LogP contribution in [-0.4, -0.2) is 24.9 Å². The number of halogens is 1. The molecule has 0 aliphatic heterocycles. The molecule has 0 saturated heterocycles. The van der Waals surface area contributed by atoms with Crippen molar-refractivity contribution in [3.8, 4) is 0 Å². The molecular formula is C19H28ClN3O2. The number of amides is 2. The molecule has 2 atom stereocenters. The fourth-order valence-electron chi connectivity index (χ4n) is 4.26. The molecule has 2 aliphatic carbocycles.